The summed E-state index contributed by atoms with van der Waals surface area (Å²) in [6.45, 7) is 3.66. The monoisotopic (exact) mass is 510 g/mol. The highest BCUT2D eigenvalue weighted by Crippen LogP contribution is 2.31. The number of imide groups is 1. The van der Waals surface area contributed by atoms with Crippen molar-refractivity contribution in [2.45, 2.75) is 13.8 Å². The molecule has 0 saturated carbocycles. The van der Waals surface area contributed by atoms with E-state index in [9.17, 15) is 14.4 Å². The Bertz CT molecular complexity index is 1340. The van der Waals surface area contributed by atoms with Gasteiger partial charge in [0.25, 0.3) is 11.8 Å². The molecule has 0 saturated heterocycles. The molecule has 7 nitrogen and oxygen atoms in total. The van der Waals surface area contributed by atoms with E-state index in [2.05, 4.69) is 5.32 Å². The minimum atomic E-state index is -0.641. The number of nitrogens with zero attached hydrogens (tertiary/aromatic N) is 1. The molecule has 0 bridgehead atoms. The molecule has 4 rings (SSSR count). The van der Waals surface area contributed by atoms with Gasteiger partial charge in [-0.05, 0) is 85.6 Å². The van der Waals surface area contributed by atoms with Crippen LogP contribution >= 0.6 is 23.2 Å². The summed E-state index contributed by atoms with van der Waals surface area (Å²) in [6.07, 6.45) is 0. The lowest BCUT2D eigenvalue weighted by molar-refractivity contribution is -0.120. The van der Waals surface area contributed by atoms with E-state index >= 15 is 0 Å². The fourth-order valence-electron chi connectivity index (χ4n) is 3.54. The smallest absolute Gasteiger partial charge is 0.343 e. The molecule has 1 N–H and O–H groups in total. The molecular formula is C26H20Cl2N2O5. The number of amides is 2. The third-order valence-corrected chi connectivity index (χ3v) is 6.32. The summed E-state index contributed by atoms with van der Waals surface area (Å²) in [5.74, 6) is -0.805. The standard InChI is InChI=1S/C26H20Cl2N2O5/c1-14-12-20(13-15(2)21(14)27)35-26(33)16-4-6-17(7-5-16)29-23-22(28)24(31)30(25(23)32)18-8-10-19(34-3)11-9-18/h4-13,29H,1-3H3. The Morgan fingerprint density at radius 3 is 2.03 bits per heavy atom. The van der Waals surface area contributed by atoms with Crippen molar-refractivity contribution in [3.63, 3.8) is 0 Å². The molecule has 0 aromatic heterocycles. The second kappa shape index (κ2) is 9.82. The van der Waals surface area contributed by atoms with E-state index in [-0.39, 0.29) is 10.7 Å². The molecule has 2 amide bonds. The molecule has 0 aliphatic carbocycles. The number of esters is 1. The molecule has 0 atom stereocenters. The molecule has 1 aliphatic rings. The van der Waals surface area contributed by atoms with E-state index in [0.717, 1.165) is 16.0 Å². The summed E-state index contributed by atoms with van der Waals surface area (Å²) in [7, 11) is 1.52. The molecule has 0 unspecified atom stereocenters. The largest absolute Gasteiger partial charge is 0.497 e. The molecule has 9 heteroatoms. The van der Waals surface area contributed by atoms with Crippen LogP contribution in [0.3, 0.4) is 0 Å². The normalized spacial score (nSPS) is 13.3. The van der Waals surface area contributed by atoms with Gasteiger partial charge in [-0.2, -0.15) is 0 Å². The maximum absolute atomic E-state index is 12.9. The van der Waals surface area contributed by atoms with E-state index in [1.54, 1.807) is 48.5 Å². The number of ether oxygens (including phenoxy) is 2. The summed E-state index contributed by atoms with van der Waals surface area (Å²) < 4.78 is 10.6. The Labute approximate surface area is 211 Å². The molecule has 1 aliphatic heterocycles. The van der Waals surface area contributed by atoms with E-state index in [1.807, 2.05) is 13.8 Å². The van der Waals surface area contributed by atoms with Crippen LogP contribution in [0.1, 0.15) is 21.5 Å². The minimum Gasteiger partial charge on any atom is -0.497 e. The number of halogens is 2. The maximum Gasteiger partial charge on any atom is 0.343 e. The number of hydrogen-bond donors (Lipinski definition) is 1. The zero-order chi connectivity index (χ0) is 25.3. The lowest BCUT2D eigenvalue weighted by Gasteiger charge is -2.15. The fourth-order valence-corrected chi connectivity index (χ4v) is 3.86. The molecule has 0 fully saturated rings. The highest BCUT2D eigenvalue weighted by atomic mass is 35.5. The summed E-state index contributed by atoms with van der Waals surface area (Å²) in [6, 6.07) is 16.1. The van der Waals surface area contributed by atoms with Crippen LogP contribution in [0.15, 0.2) is 71.4 Å². The van der Waals surface area contributed by atoms with Gasteiger partial charge in [-0.1, -0.05) is 23.2 Å². The fraction of sp³-hybridized carbons (Fsp3) is 0.115. The molecule has 3 aromatic rings. The first-order valence-electron chi connectivity index (χ1n) is 10.5. The Morgan fingerprint density at radius 2 is 1.46 bits per heavy atom. The van der Waals surface area contributed by atoms with Gasteiger partial charge < -0.3 is 14.8 Å². The Morgan fingerprint density at radius 1 is 0.857 bits per heavy atom. The Balaban J connectivity index is 1.47. The first-order chi connectivity index (χ1) is 16.7. The van der Waals surface area contributed by atoms with E-state index in [4.69, 9.17) is 32.7 Å². The summed E-state index contributed by atoms with van der Waals surface area (Å²) in [4.78, 5) is 39.1. The molecule has 1 heterocycles. The number of rotatable bonds is 6. The van der Waals surface area contributed by atoms with Gasteiger partial charge in [0.05, 0.1) is 18.4 Å². The van der Waals surface area contributed by atoms with Gasteiger partial charge in [0, 0.05) is 10.7 Å². The van der Waals surface area contributed by atoms with Crippen LogP contribution in [0.4, 0.5) is 11.4 Å². The average molecular weight is 511 g/mol. The van der Waals surface area contributed by atoms with Gasteiger partial charge in [-0.3, -0.25) is 9.59 Å². The second-order valence-corrected chi connectivity index (χ2v) is 8.55. The van der Waals surface area contributed by atoms with Gasteiger partial charge in [0.1, 0.15) is 22.2 Å². The maximum atomic E-state index is 12.9. The Kier molecular flexibility index (Phi) is 6.82. The lowest BCUT2D eigenvalue weighted by atomic mass is 10.1. The quantitative estimate of drug-likeness (QED) is 0.263. The SMILES string of the molecule is COc1ccc(N2C(=O)C(Cl)=C(Nc3ccc(C(=O)Oc4cc(C)c(Cl)c(C)c4)cc3)C2=O)cc1. The van der Waals surface area contributed by atoms with Crippen molar-refractivity contribution in [3.05, 3.63) is 93.1 Å². The zero-order valence-electron chi connectivity index (χ0n) is 19.0. The highest BCUT2D eigenvalue weighted by molar-refractivity contribution is 6.53. The summed E-state index contributed by atoms with van der Waals surface area (Å²) in [5, 5.41) is 3.26. The predicted molar refractivity (Wildman–Crippen MR) is 134 cm³/mol. The number of benzene rings is 3. The first kappa shape index (κ1) is 24.3. The number of aryl methyl sites for hydroxylation is 2. The lowest BCUT2D eigenvalue weighted by Crippen LogP contribution is -2.32. The van der Waals surface area contributed by atoms with Crippen molar-refractivity contribution < 1.29 is 23.9 Å². The Hall–Kier alpha value is -3.81. The molecule has 3 aromatic carbocycles. The van der Waals surface area contributed by atoms with Gasteiger partial charge in [0.2, 0.25) is 0 Å². The molecule has 0 radical (unpaired) electrons. The van der Waals surface area contributed by atoms with Crippen LogP contribution in [0, 0.1) is 13.8 Å². The van der Waals surface area contributed by atoms with E-state index in [0.29, 0.717) is 33.5 Å². The van der Waals surface area contributed by atoms with Crippen molar-refractivity contribution in [1.82, 2.24) is 0 Å². The van der Waals surface area contributed by atoms with Crippen LogP contribution in [0.2, 0.25) is 5.02 Å². The van der Waals surface area contributed by atoms with Crippen molar-refractivity contribution in [2.24, 2.45) is 0 Å². The van der Waals surface area contributed by atoms with Crippen molar-refractivity contribution in [2.75, 3.05) is 17.3 Å². The van der Waals surface area contributed by atoms with Gasteiger partial charge in [-0.25, -0.2) is 9.69 Å². The summed E-state index contributed by atoms with van der Waals surface area (Å²) >= 11 is 12.3. The van der Waals surface area contributed by atoms with Crippen LogP contribution in [0.25, 0.3) is 0 Å². The third kappa shape index (κ3) is 4.87. The highest BCUT2D eigenvalue weighted by Gasteiger charge is 2.39. The zero-order valence-corrected chi connectivity index (χ0v) is 20.5. The number of methoxy groups -OCH3 is 1. The molecule has 35 heavy (non-hydrogen) atoms. The minimum absolute atomic E-state index is 0.0603. The molecule has 178 valence electrons. The number of anilines is 2. The number of hydrogen-bond acceptors (Lipinski definition) is 6. The van der Waals surface area contributed by atoms with Gasteiger partial charge >= 0.3 is 5.97 Å². The van der Waals surface area contributed by atoms with Crippen LogP contribution in [-0.4, -0.2) is 24.9 Å². The van der Waals surface area contributed by atoms with Crippen molar-refractivity contribution >= 4 is 52.4 Å². The molecular weight excluding hydrogens is 491 g/mol. The number of nitrogens with one attached hydrogen (secondary N) is 1. The third-order valence-electron chi connectivity index (χ3n) is 5.37. The summed E-state index contributed by atoms with van der Waals surface area (Å²) in [5.41, 5.74) is 2.67. The van der Waals surface area contributed by atoms with Crippen LogP contribution in [0.5, 0.6) is 11.5 Å². The van der Waals surface area contributed by atoms with Crippen LogP contribution in [-0.2, 0) is 9.59 Å². The molecule has 0 spiro atoms. The van der Waals surface area contributed by atoms with Gasteiger partial charge in [0.15, 0.2) is 0 Å². The van der Waals surface area contributed by atoms with Crippen molar-refractivity contribution in [3.8, 4) is 11.5 Å². The second-order valence-electron chi connectivity index (χ2n) is 7.80. The predicted octanol–water partition coefficient (Wildman–Crippen LogP) is 5.62. The van der Waals surface area contributed by atoms with Crippen molar-refractivity contribution in [1.29, 1.82) is 0 Å². The van der Waals surface area contributed by atoms with E-state index < -0.39 is 17.8 Å². The first-order valence-corrected chi connectivity index (χ1v) is 11.2. The average Bonchev–Trinajstić information content (AvgIpc) is 3.06. The topological polar surface area (TPSA) is 84.9 Å². The van der Waals surface area contributed by atoms with Crippen LogP contribution < -0.4 is 19.7 Å². The van der Waals surface area contributed by atoms with Gasteiger partial charge in [-0.15, -0.1) is 0 Å². The number of carbonyl (C=O) groups excluding carboxylic acids is 3. The number of carbonyl (C=O) groups is 3. The van der Waals surface area contributed by atoms with E-state index in [1.165, 1.54) is 19.2 Å².